The monoisotopic (exact) mass is 350 g/mol. The van der Waals surface area contributed by atoms with Gasteiger partial charge in [0.15, 0.2) is 5.16 Å². The highest BCUT2D eigenvalue weighted by Crippen LogP contribution is 2.21. The molecular formula is C19H18N4OS. The molecule has 4 rings (SSSR count). The number of fused-ring (bicyclic) bond motifs is 3. The van der Waals surface area contributed by atoms with Gasteiger partial charge in [0.25, 0.3) is 5.56 Å². The average molecular weight is 350 g/mol. The Labute approximate surface area is 149 Å². The summed E-state index contributed by atoms with van der Waals surface area (Å²) >= 11 is 1.62. The second-order valence-electron chi connectivity index (χ2n) is 5.95. The van der Waals surface area contributed by atoms with Crippen molar-refractivity contribution in [2.45, 2.75) is 25.5 Å². The van der Waals surface area contributed by atoms with E-state index in [9.17, 15) is 4.79 Å². The Morgan fingerprint density at radius 2 is 1.80 bits per heavy atom. The first-order valence-corrected chi connectivity index (χ1v) is 9.22. The molecule has 2 aromatic carbocycles. The van der Waals surface area contributed by atoms with Crippen molar-refractivity contribution in [1.29, 1.82) is 0 Å². The van der Waals surface area contributed by atoms with Crippen molar-refractivity contribution < 1.29 is 0 Å². The summed E-state index contributed by atoms with van der Waals surface area (Å²) in [4.78, 5) is 13.1. The van der Waals surface area contributed by atoms with Crippen LogP contribution in [0.5, 0.6) is 0 Å². The summed E-state index contributed by atoms with van der Waals surface area (Å²) in [5.41, 5.74) is 3.08. The van der Waals surface area contributed by atoms with E-state index in [0.717, 1.165) is 22.0 Å². The van der Waals surface area contributed by atoms with Gasteiger partial charge in [-0.15, -0.1) is 10.2 Å². The van der Waals surface area contributed by atoms with Crippen LogP contribution in [-0.4, -0.2) is 24.9 Å². The third-order valence-electron chi connectivity index (χ3n) is 4.21. The van der Waals surface area contributed by atoms with Crippen LogP contribution in [0.3, 0.4) is 0 Å². The van der Waals surface area contributed by atoms with Crippen molar-refractivity contribution in [3.05, 3.63) is 70.0 Å². The quantitative estimate of drug-likeness (QED) is 0.529. The fraction of sp³-hybridized carbons (Fsp3) is 0.211. The summed E-state index contributed by atoms with van der Waals surface area (Å²) < 4.78 is 3.69. The highest BCUT2D eigenvalue weighted by atomic mass is 32.2. The molecule has 0 spiro atoms. The van der Waals surface area contributed by atoms with Gasteiger partial charge in [-0.1, -0.05) is 60.6 Å². The minimum absolute atomic E-state index is 0.0378. The SMILES string of the molecule is CCSc1nnc2n(Cc3ccc(C)cc3)c(=O)c3ccccc3n12. The lowest BCUT2D eigenvalue weighted by Gasteiger charge is -2.11. The Hall–Kier alpha value is -2.60. The zero-order valence-corrected chi connectivity index (χ0v) is 15.0. The molecule has 0 atom stereocenters. The zero-order valence-electron chi connectivity index (χ0n) is 14.1. The Kier molecular flexibility index (Phi) is 4.05. The smallest absolute Gasteiger partial charge is 0.263 e. The maximum atomic E-state index is 13.1. The van der Waals surface area contributed by atoms with Gasteiger partial charge in [0.1, 0.15) is 0 Å². The largest absolute Gasteiger partial charge is 0.272 e. The highest BCUT2D eigenvalue weighted by molar-refractivity contribution is 7.99. The third-order valence-corrected chi connectivity index (χ3v) is 5.02. The van der Waals surface area contributed by atoms with Crippen LogP contribution in [-0.2, 0) is 6.54 Å². The van der Waals surface area contributed by atoms with E-state index in [4.69, 9.17) is 0 Å². The van der Waals surface area contributed by atoms with Gasteiger partial charge in [-0.05, 0) is 30.4 Å². The van der Waals surface area contributed by atoms with Crippen molar-refractivity contribution in [2.24, 2.45) is 0 Å². The van der Waals surface area contributed by atoms with Gasteiger partial charge < -0.3 is 0 Å². The molecule has 0 bridgehead atoms. The van der Waals surface area contributed by atoms with E-state index in [-0.39, 0.29) is 5.56 Å². The molecule has 0 N–H and O–H groups in total. The van der Waals surface area contributed by atoms with E-state index >= 15 is 0 Å². The molecular weight excluding hydrogens is 332 g/mol. The first kappa shape index (κ1) is 15.9. The van der Waals surface area contributed by atoms with E-state index < -0.39 is 0 Å². The lowest BCUT2D eigenvalue weighted by atomic mass is 10.1. The number of aromatic nitrogens is 4. The lowest BCUT2D eigenvalue weighted by Crippen LogP contribution is -2.24. The minimum Gasteiger partial charge on any atom is -0.272 e. The molecule has 6 heteroatoms. The van der Waals surface area contributed by atoms with Crippen LogP contribution < -0.4 is 5.56 Å². The lowest BCUT2D eigenvalue weighted by molar-refractivity contribution is 0.763. The van der Waals surface area contributed by atoms with E-state index in [0.29, 0.717) is 17.7 Å². The Morgan fingerprint density at radius 1 is 1.04 bits per heavy atom. The Morgan fingerprint density at radius 3 is 2.56 bits per heavy atom. The van der Waals surface area contributed by atoms with Crippen molar-refractivity contribution in [1.82, 2.24) is 19.2 Å². The molecule has 2 aromatic heterocycles. The summed E-state index contributed by atoms with van der Waals surface area (Å²) in [5, 5.41) is 10.1. The van der Waals surface area contributed by atoms with E-state index in [1.54, 1.807) is 16.3 Å². The van der Waals surface area contributed by atoms with Crippen molar-refractivity contribution in [3.63, 3.8) is 0 Å². The maximum absolute atomic E-state index is 13.1. The second kappa shape index (κ2) is 6.37. The van der Waals surface area contributed by atoms with Gasteiger partial charge in [-0.2, -0.15) is 0 Å². The number of nitrogens with zero attached hydrogens (tertiary/aromatic N) is 4. The first-order chi connectivity index (χ1) is 12.2. The fourth-order valence-corrected chi connectivity index (χ4v) is 3.64. The third kappa shape index (κ3) is 2.72. The predicted molar refractivity (Wildman–Crippen MR) is 101 cm³/mol. The summed E-state index contributed by atoms with van der Waals surface area (Å²) in [6.07, 6.45) is 0. The van der Waals surface area contributed by atoms with Gasteiger partial charge in [-0.3, -0.25) is 13.8 Å². The molecule has 0 fully saturated rings. The zero-order chi connectivity index (χ0) is 17.4. The normalized spacial score (nSPS) is 11.4. The number of hydrogen-bond acceptors (Lipinski definition) is 4. The molecule has 0 aliphatic rings. The molecule has 25 heavy (non-hydrogen) atoms. The molecule has 2 heterocycles. The molecule has 0 saturated heterocycles. The van der Waals surface area contributed by atoms with E-state index in [2.05, 4.69) is 36.2 Å². The van der Waals surface area contributed by atoms with Crippen LogP contribution in [0.4, 0.5) is 0 Å². The topological polar surface area (TPSA) is 52.2 Å². The van der Waals surface area contributed by atoms with Crippen LogP contribution in [0.2, 0.25) is 0 Å². The predicted octanol–water partition coefficient (Wildman–Crippen LogP) is 3.51. The summed E-state index contributed by atoms with van der Waals surface area (Å²) in [7, 11) is 0. The van der Waals surface area contributed by atoms with Gasteiger partial charge >= 0.3 is 0 Å². The molecule has 0 unspecified atom stereocenters. The molecule has 126 valence electrons. The van der Waals surface area contributed by atoms with E-state index in [1.165, 1.54) is 5.56 Å². The summed E-state index contributed by atoms with van der Waals surface area (Å²) in [5.74, 6) is 1.48. The van der Waals surface area contributed by atoms with Crippen molar-refractivity contribution >= 4 is 28.4 Å². The Bertz CT molecular complexity index is 1110. The average Bonchev–Trinajstić information content (AvgIpc) is 3.04. The number of thioether (sulfide) groups is 1. The van der Waals surface area contributed by atoms with Gasteiger partial charge in [0.05, 0.1) is 17.4 Å². The second-order valence-corrected chi connectivity index (χ2v) is 7.18. The first-order valence-electron chi connectivity index (χ1n) is 8.24. The molecule has 0 radical (unpaired) electrons. The number of aryl methyl sites for hydroxylation is 1. The fourth-order valence-electron chi connectivity index (χ4n) is 2.97. The summed E-state index contributed by atoms with van der Waals surface area (Å²) in [6, 6.07) is 15.8. The van der Waals surface area contributed by atoms with Crippen LogP contribution in [0, 0.1) is 6.92 Å². The van der Waals surface area contributed by atoms with Gasteiger partial charge in [-0.25, -0.2) is 0 Å². The standard InChI is InChI=1S/C19H18N4OS/c1-3-25-19-21-20-18-22(12-14-10-8-13(2)9-11-14)17(24)15-6-4-5-7-16(15)23(18)19/h4-11H,3,12H2,1-2H3. The van der Waals surface area contributed by atoms with Crippen molar-refractivity contribution in [2.75, 3.05) is 5.75 Å². The van der Waals surface area contributed by atoms with Crippen LogP contribution >= 0.6 is 11.8 Å². The van der Waals surface area contributed by atoms with Crippen molar-refractivity contribution in [3.8, 4) is 0 Å². The van der Waals surface area contributed by atoms with Gasteiger partial charge in [0, 0.05) is 0 Å². The van der Waals surface area contributed by atoms with Gasteiger partial charge in [0.2, 0.25) is 5.78 Å². The number of benzene rings is 2. The van der Waals surface area contributed by atoms with Crippen LogP contribution in [0.25, 0.3) is 16.7 Å². The highest BCUT2D eigenvalue weighted by Gasteiger charge is 2.16. The molecule has 4 aromatic rings. The minimum atomic E-state index is -0.0378. The molecule has 0 aliphatic heterocycles. The molecule has 0 aliphatic carbocycles. The van der Waals surface area contributed by atoms with E-state index in [1.807, 2.05) is 40.8 Å². The molecule has 0 saturated carbocycles. The number of para-hydroxylation sites is 1. The summed E-state index contributed by atoms with van der Waals surface area (Å²) in [6.45, 7) is 4.61. The number of rotatable bonds is 4. The molecule has 5 nitrogen and oxygen atoms in total. The number of hydrogen-bond donors (Lipinski definition) is 0. The van der Waals surface area contributed by atoms with Crippen LogP contribution in [0.1, 0.15) is 18.1 Å². The van der Waals surface area contributed by atoms with Crippen LogP contribution in [0.15, 0.2) is 58.5 Å². The Balaban J connectivity index is 2.00. The molecule has 0 amide bonds. The maximum Gasteiger partial charge on any atom is 0.263 e.